The number of benzene rings is 1. The van der Waals surface area contributed by atoms with Crippen LogP contribution < -0.4 is 10.6 Å². The fourth-order valence-electron chi connectivity index (χ4n) is 1.25. The zero-order valence-corrected chi connectivity index (χ0v) is 9.10. The summed E-state index contributed by atoms with van der Waals surface area (Å²) in [6.45, 7) is 2.44. The molecule has 0 aliphatic rings. The molecule has 3 nitrogen and oxygen atoms in total. The molecule has 0 spiro atoms. The summed E-state index contributed by atoms with van der Waals surface area (Å²) in [6, 6.07) is 3.74. The summed E-state index contributed by atoms with van der Waals surface area (Å²) < 4.78 is 5.11. The highest BCUT2D eigenvalue weighted by atomic mass is 35.5. The molecule has 1 aromatic carbocycles. The van der Waals surface area contributed by atoms with Gasteiger partial charge in [0.05, 0.1) is 13.7 Å². The first-order valence-corrected chi connectivity index (χ1v) is 4.71. The molecule has 4 heteroatoms. The van der Waals surface area contributed by atoms with E-state index in [0.717, 1.165) is 23.3 Å². The Hall–Kier alpha value is -0.770. The van der Waals surface area contributed by atoms with Crippen molar-refractivity contribution in [2.75, 3.05) is 13.7 Å². The van der Waals surface area contributed by atoms with Gasteiger partial charge in [-0.05, 0) is 36.6 Å². The molecule has 0 atom stereocenters. The molecule has 2 N–H and O–H groups in total. The predicted octanol–water partition coefficient (Wildman–Crippen LogP) is 2.09. The Morgan fingerprint density at radius 2 is 2.14 bits per heavy atom. The van der Waals surface area contributed by atoms with Gasteiger partial charge in [0.15, 0.2) is 0 Å². The molecule has 0 aliphatic heterocycles. The molecule has 0 amide bonds. The monoisotopic (exact) mass is 215 g/mol. The zero-order valence-electron chi connectivity index (χ0n) is 8.34. The van der Waals surface area contributed by atoms with Gasteiger partial charge in [-0.1, -0.05) is 11.6 Å². The summed E-state index contributed by atoms with van der Waals surface area (Å²) in [5.74, 6) is 5.73. The van der Waals surface area contributed by atoms with Crippen molar-refractivity contribution in [3.8, 4) is 5.75 Å². The van der Waals surface area contributed by atoms with E-state index in [-0.39, 0.29) is 0 Å². The SMILES string of the molecule is COc1cc(Cl)c(C)c(CCON)c1. The van der Waals surface area contributed by atoms with Crippen molar-refractivity contribution in [1.29, 1.82) is 0 Å². The van der Waals surface area contributed by atoms with E-state index in [1.54, 1.807) is 13.2 Å². The Kier molecular flexibility index (Phi) is 4.20. The average molecular weight is 216 g/mol. The minimum absolute atomic E-state index is 0.477. The fraction of sp³-hybridized carbons (Fsp3) is 0.400. The van der Waals surface area contributed by atoms with Crippen LogP contribution in [0.5, 0.6) is 5.75 Å². The van der Waals surface area contributed by atoms with Gasteiger partial charge < -0.3 is 9.57 Å². The summed E-state index contributed by atoms with van der Waals surface area (Å²) >= 11 is 6.02. The third kappa shape index (κ3) is 2.61. The molecule has 0 aliphatic carbocycles. The maximum atomic E-state index is 6.02. The van der Waals surface area contributed by atoms with Crippen LogP contribution in [0.3, 0.4) is 0 Å². The van der Waals surface area contributed by atoms with Gasteiger partial charge in [0, 0.05) is 5.02 Å². The van der Waals surface area contributed by atoms with Crippen LogP contribution in [0.2, 0.25) is 5.02 Å². The van der Waals surface area contributed by atoms with Gasteiger partial charge >= 0.3 is 0 Å². The lowest BCUT2D eigenvalue weighted by Gasteiger charge is -2.09. The van der Waals surface area contributed by atoms with Gasteiger partial charge in [-0.25, -0.2) is 5.90 Å². The highest BCUT2D eigenvalue weighted by molar-refractivity contribution is 6.31. The molecule has 1 rings (SSSR count). The van der Waals surface area contributed by atoms with Crippen LogP contribution in [0.25, 0.3) is 0 Å². The summed E-state index contributed by atoms with van der Waals surface area (Å²) in [5, 5.41) is 0.705. The topological polar surface area (TPSA) is 44.5 Å². The number of hydrogen-bond donors (Lipinski definition) is 1. The van der Waals surface area contributed by atoms with Crippen LogP contribution in [0.1, 0.15) is 11.1 Å². The Balaban J connectivity index is 2.95. The van der Waals surface area contributed by atoms with E-state index in [2.05, 4.69) is 4.84 Å². The number of methoxy groups -OCH3 is 1. The van der Waals surface area contributed by atoms with E-state index >= 15 is 0 Å². The number of halogens is 1. The van der Waals surface area contributed by atoms with Gasteiger partial charge in [0.2, 0.25) is 0 Å². The fourth-order valence-corrected chi connectivity index (χ4v) is 1.48. The van der Waals surface area contributed by atoms with Crippen molar-refractivity contribution < 1.29 is 9.57 Å². The molecule has 0 saturated carbocycles. The van der Waals surface area contributed by atoms with Crippen LogP contribution in [0.4, 0.5) is 0 Å². The first-order valence-electron chi connectivity index (χ1n) is 4.33. The molecule has 0 heterocycles. The second kappa shape index (κ2) is 5.20. The predicted molar refractivity (Wildman–Crippen MR) is 56.6 cm³/mol. The van der Waals surface area contributed by atoms with Gasteiger partial charge in [0.1, 0.15) is 5.75 Å². The minimum atomic E-state index is 0.477. The molecule has 0 bridgehead atoms. The number of hydrogen-bond acceptors (Lipinski definition) is 3. The van der Waals surface area contributed by atoms with Gasteiger partial charge in [-0.3, -0.25) is 0 Å². The minimum Gasteiger partial charge on any atom is -0.497 e. The summed E-state index contributed by atoms with van der Waals surface area (Å²) in [5.41, 5.74) is 2.14. The second-order valence-electron chi connectivity index (χ2n) is 3.01. The van der Waals surface area contributed by atoms with Gasteiger partial charge in [0.25, 0.3) is 0 Å². The Bertz CT molecular complexity index is 315. The highest BCUT2D eigenvalue weighted by Gasteiger charge is 2.05. The third-order valence-corrected chi connectivity index (χ3v) is 2.54. The van der Waals surface area contributed by atoms with Crippen molar-refractivity contribution in [2.24, 2.45) is 5.90 Å². The second-order valence-corrected chi connectivity index (χ2v) is 3.42. The van der Waals surface area contributed by atoms with Gasteiger partial charge in [-0.15, -0.1) is 0 Å². The maximum Gasteiger partial charge on any atom is 0.120 e. The normalized spacial score (nSPS) is 10.3. The number of rotatable bonds is 4. The van der Waals surface area contributed by atoms with Crippen LogP contribution in [-0.4, -0.2) is 13.7 Å². The van der Waals surface area contributed by atoms with E-state index in [1.165, 1.54) is 0 Å². The lowest BCUT2D eigenvalue weighted by molar-refractivity contribution is 0.141. The molecule has 0 radical (unpaired) electrons. The van der Waals surface area contributed by atoms with Crippen molar-refractivity contribution in [3.63, 3.8) is 0 Å². The molecule has 0 fully saturated rings. The quantitative estimate of drug-likeness (QED) is 0.783. The smallest absolute Gasteiger partial charge is 0.120 e. The van der Waals surface area contributed by atoms with E-state index in [0.29, 0.717) is 11.6 Å². The van der Waals surface area contributed by atoms with Crippen LogP contribution >= 0.6 is 11.6 Å². The van der Waals surface area contributed by atoms with Crippen molar-refractivity contribution in [2.45, 2.75) is 13.3 Å². The number of nitrogens with two attached hydrogens (primary N) is 1. The maximum absolute atomic E-state index is 6.02. The molecule has 1 aromatic rings. The molecule has 0 aromatic heterocycles. The standard InChI is InChI=1S/C10H14ClNO2/c1-7-8(3-4-14-12)5-9(13-2)6-10(7)11/h5-6H,3-4,12H2,1-2H3. The first-order chi connectivity index (χ1) is 6.69. The van der Waals surface area contributed by atoms with Crippen LogP contribution in [0, 0.1) is 6.92 Å². The summed E-state index contributed by atoms with van der Waals surface area (Å²) in [4.78, 5) is 4.53. The molecule has 0 saturated heterocycles. The first kappa shape index (κ1) is 11.3. The van der Waals surface area contributed by atoms with E-state index in [4.69, 9.17) is 22.2 Å². The molecule has 0 unspecified atom stereocenters. The third-order valence-electron chi connectivity index (χ3n) is 2.15. The largest absolute Gasteiger partial charge is 0.497 e. The summed E-state index contributed by atoms with van der Waals surface area (Å²) in [6.07, 6.45) is 0.735. The van der Waals surface area contributed by atoms with Crippen LogP contribution in [-0.2, 0) is 11.3 Å². The summed E-state index contributed by atoms with van der Waals surface area (Å²) in [7, 11) is 1.62. The molecule has 78 valence electrons. The lowest BCUT2D eigenvalue weighted by atomic mass is 10.1. The Morgan fingerprint density at radius 1 is 1.43 bits per heavy atom. The lowest BCUT2D eigenvalue weighted by Crippen LogP contribution is -2.05. The molecule has 14 heavy (non-hydrogen) atoms. The van der Waals surface area contributed by atoms with E-state index in [9.17, 15) is 0 Å². The number of ether oxygens (including phenoxy) is 1. The van der Waals surface area contributed by atoms with E-state index in [1.807, 2.05) is 13.0 Å². The van der Waals surface area contributed by atoms with Gasteiger partial charge in [-0.2, -0.15) is 0 Å². The van der Waals surface area contributed by atoms with Crippen LogP contribution in [0.15, 0.2) is 12.1 Å². The van der Waals surface area contributed by atoms with E-state index < -0.39 is 0 Å². The average Bonchev–Trinajstić information content (AvgIpc) is 2.20. The van der Waals surface area contributed by atoms with Crippen molar-refractivity contribution in [1.82, 2.24) is 0 Å². The van der Waals surface area contributed by atoms with Crippen molar-refractivity contribution in [3.05, 3.63) is 28.3 Å². The van der Waals surface area contributed by atoms with Crippen molar-refractivity contribution >= 4 is 11.6 Å². The molecular weight excluding hydrogens is 202 g/mol. The Labute approximate surface area is 88.7 Å². The Morgan fingerprint density at radius 3 is 2.71 bits per heavy atom. The molecular formula is C10H14ClNO2. The highest BCUT2D eigenvalue weighted by Crippen LogP contribution is 2.26. The zero-order chi connectivity index (χ0) is 10.6.